The first kappa shape index (κ1) is 60.5. The summed E-state index contributed by atoms with van der Waals surface area (Å²) in [6.45, 7) is 6.29. The predicted octanol–water partition coefficient (Wildman–Crippen LogP) is 15.9. The van der Waals surface area contributed by atoms with Crippen LogP contribution in [0.5, 0.6) is 0 Å². The van der Waals surface area contributed by atoms with E-state index in [2.05, 4.69) is 123 Å². The van der Waals surface area contributed by atoms with E-state index in [0.717, 1.165) is 96.3 Å². The van der Waals surface area contributed by atoms with Crippen molar-refractivity contribution in [3.63, 3.8) is 0 Å². The number of carbonyl (C=O) groups excluding carboxylic acids is 2. The van der Waals surface area contributed by atoms with Gasteiger partial charge in [0.15, 0.2) is 0 Å². The summed E-state index contributed by atoms with van der Waals surface area (Å²) in [6, 6.07) is -0.753. The Hall–Kier alpha value is -3.48. The van der Waals surface area contributed by atoms with E-state index < -0.39 is 18.2 Å². The number of allylic oxidation sites excluding steroid dienone is 17. The lowest BCUT2D eigenvalue weighted by Gasteiger charge is -2.23. The number of carbonyl (C=O) groups is 2. The minimum atomic E-state index is -0.829. The number of hydrogen-bond acceptors (Lipinski definition) is 5. The molecule has 0 aromatic heterocycles. The summed E-state index contributed by atoms with van der Waals surface area (Å²) in [7, 11) is 0. The monoisotopic (exact) mass is 888 g/mol. The number of aliphatic hydroxyl groups is 2. The molecule has 364 valence electrons. The summed E-state index contributed by atoms with van der Waals surface area (Å²) in [6.07, 6.45) is 68.9. The first-order chi connectivity index (χ1) is 31.5. The summed E-state index contributed by atoms with van der Waals surface area (Å²) in [5, 5.41) is 23.6. The lowest BCUT2D eigenvalue weighted by atomic mass is 10.0. The van der Waals surface area contributed by atoms with Crippen LogP contribution in [-0.4, -0.2) is 46.9 Å². The molecule has 3 atom stereocenters. The third-order valence-electron chi connectivity index (χ3n) is 11.1. The molecule has 0 saturated carbocycles. The Morgan fingerprint density at radius 2 is 0.922 bits per heavy atom. The highest BCUT2D eigenvalue weighted by Crippen LogP contribution is 2.15. The molecule has 0 radical (unpaired) electrons. The molecule has 0 heterocycles. The predicted molar refractivity (Wildman–Crippen MR) is 277 cm³/mol. The van der Waals surface area contributed by atoms with Crippen LogP contribution in [0.15, 0.2) is 109 Å². The summed E-state index contributed by atoms with van der Waals surface area (Å²) >= 11 is 0. The Balaban J connectivity index is 4.82. The Labute approximate surface area is 394 Å². The molecule has 0 rings (SSSR count). The second-order valence-electron chi connectivity index (χ2n) is 17.2. The van der Waals surface area contributed by atoms with Crippen molar-refractivity contribution in [2.24, 2.45) is 0 Å². The van der Waals surface area contributed by atoms with Gasteiger partial charge in [-0.2, -0.15) is 0 Å². The molecular weight excluding hydrogens is 791 g/mol. The maximum atomic E-state index is 13.2. The average Bonchev–Trinajstić information content (AvgIpc) is 3.29. The summed E-state index contributed by atoms with van der Waals surface area (Å²) in [5.74, 6) is -0.662. The van der Waals surface area contributed by atoms with E-state index >= 15 is 0 Å². The highest BCUT2D eigenvalue weighted by atomic mass is 16.5. The lowest BCUT2D eigenvalue weighted by molar-refractivity contribution is -0.148. The number of esters is 1. The van der Waals surface area contributed by atoms with E-state index in [1.165, 1.54) is 77.0 Å². The van der Waals surface area contributed by atoms with Gasteiger partial charge in [0.05, 0.1) is 25.2 Å². The van der Waals surface area contributed by atoms with Gasteiger partial charge in [-0.25, -0.2) is 0 Å². The topological polar surface area (TPSA) is 95.9 Å². The molecule has 3 unspecified atom stereocenters. The van der Waals surface area contributed by atoms with Crippen LogP contribution < -0.4 is 5.32 Å². The van der Waals surface area contributed by atoms with Crippen molar-refractivity contribution in [2.75, 3.05) is 6.61 Å². The Morgan fingerprint density at radius 3 is 1.39 bits per heavy atom. The number of hydrogen-bond donors (Lipinski definition) is 3. The molecule has 1 amide bonds. The second-order valence-corrected chi connectivity index (χ2v) is 17.2. The van der Waals surface area contributed by atoms with Gasteiger partial charge in [0, 0.05) is 6.42 Å². The Kier molecular flexibility index (Phi) is 47.8. The molecule has 0 bridgehead atoms. The lowest BCUT2D eigenvalue weighted by Crippen LogP contribution is -2.46. The molecule has 0 aliphatic heterocycles. The first-order valence-electron chi connectivity index (χ1n) is 26.2. The highest BCUT2D eigenvalue weighted by molar-refractivity contribution is 5.78. The van der Waals surface area contributed by atoms with E-state index in [1.807, 2.05) is 6.08 Å². The average molecular weight is 888 g/mol. The minimum absolute atomic E-state index is 0.0620. The number of aliphatic hydroxyl groups excluding tert-OH is 2. The van der Waals surface area contributed by atoms with E-state index in [1.54, 1.807) is 6.08 Å². The van der Waals surface area contributed by atoms with E-state index in [4.69, 9.17) is 4.74 Å². The van der Waals surface area contributed by atoms with Crippen molar-refractivity contribution in [3.05, 3.63) is 109 Å². The largest absolute Gasteiger partial charge is 0.458 e. The van der Waals surface area contributed by atoms with Gasteiger partial charge in [0.2, 0.25) is 5.91 Å². The van der Waals surface area contributed by atoms with Crippen LogP contribution in [0.1, 0.15) is 220 Å². The Bertz CT molecular complexity index is 1320. The van der Waals surface area contributed by atoms with Gasteiger partial charge in [-0.15, -0.1) is 0 Å². The zero-order chi connectivity index (χ0) is 46.7. The van der Waals surface area contributed by atoms with Gasteiger partial charge in [0.1, 0.15) is 6.10 Å². The normalized spacial score (nSPS) is 14.1. The Morgan fingerprint density at radius 1 is 0.500 bits per heavy atom. The van der Waals surface area contributed by atoms with Crippen molar-refractivity contribution in [2.45, 2.75) is 238 Å². The fraction of sp³-hybridized carbons (Fsp3) is 0.655. The van der Waals surface area contributed by atoms with Gasteiger partial charge >= 0.3 is 5.97 Å². The summed E-state index contributed by atoms with van der Waals surface area (Å²) in [5.41, 5.74) is 0. The maximum Gasteiger partial charge on any atom is 0.306 e. The van der Waals surface area contributed by atoms with Crippen molar-refractivity contribution in [1.82, 2.24) is 5.32 Å². The molecule has 6 nitrogen and oxygen atoms in total. The van der Waals surface area contributed by atoms with Gasteiger partial charge < -0.3 is 20.3 Å². The van der Waals surface area contributed by atoms with E-state index in [-0.39, 0.29) is 24.9 Å². The second kappa shape index (κ2) is 50.5. The zero-order valence-electron chi connectivity index (χ0n) is 41.4. The van der Waals surface area contributed by atoms with Crippen LogP contribution in [0.2, 0.25) is 0 Å². The number of rotatable bonds is 45. The molecular formula is C58H97NO5. The molecule has 0 saturated heterocycles. The molecule has 6 heteroatoms. The van der Waals surface area contributed by atoms with E-state index in [9.17, 15) is 19.8 Å². The molecule has 0 aromatic rings. The van der Waals surface area contributed by atoms with E-state index in [0.29, 0.717) is 19.3 Å². The van der Waals surface area contributed by atoms with Crippen LogP contribution in [0.25, 0.3) is 0 Å². The molecule has 0 aliphatic carbocycles. The van der Waals surface area contributed by atoms with Crippen LogP contribution in [0, 0.1) is 0 Å². The highest BCUT2D eigenvalue weighted by Gasteiger charge is 2.23. The third-order valence-corrected chi connectivity index (χ3v) is 11.1. The van der Waals surface area contributed by atoms with Gasteiger partial charge in [-0.05, 0) is 83.1 Å². The quantitative estimate of drug-likeness (QED) is 0.0245. The number of ether oxygens (including phenoxy) is 1. The number of amides is 1. The van der Waals surface area contributed by atoms with Crippen molar-refractivity contribution in [3.8, 4) is 0 Å². The number of nitrogens with one attached hydrogen (secondary N) is 1. The van der Waals surface area contributed by atoms with Crippen LogP contribution in [0.3, 0.4) is 0 Å². The first-order valence-corrected chi connectivity index (χ1v) is 26.2. The SMILES string of the molecule is CC/C=C\C/C=C\C/C=C\C/C=C\C/C=C\C/C=C\C(CC(=O)NC(CO)C(O)CCCCCCCCCCCC)OC(=O)CCCCCCC/C=C/C=C/C=C/CCCCCCC. The van der Waals surface area contributed by atoms with Crippen molar-refractivity contribution in [1.29, 1.82) is 0 Å². The molecule has 64 heavy (non-hydrogen) atoms. The molecule has 0 aliphatic rings. The van der Waals surface area contributed by atoms with Crippen LogP contribution in [0.4, 0.5) is 0 Å². The molecule has 0 spiro atoms. The van der Waals surface area contributed by atoms with Crippen LogP contribution in [-0.2, 0) is 14.3 Å². The fourth-order valence-electron chi connectivity index (χ4n) is 7.19. The van der Waals surface area contributed by atoms with Gasteiger partial charge in [-0.1, -0.05) is 233 Å². The van der Waals surface area contributed by atoms with Crippen molar-refractivity contribution < 1.29 is 24.5 Å². The zero-order valence-corrected chi connectivity index (χ0v) is 41.4. The molecule has 0 fully saturated rings. The van der Waals surface area contributed by atoms with Crippen molar-refractivity contribution >= 4 is 11.9 Å². The molecule has 3 N–H and O–H groups in total. The standard InChI is InChI=1S/C58H97NO5/c1-4-7-10-13-16-19-22-24-26-28-30-32-34-36-39-42-45-48-51-58(63)64-54(49-46-43-40-37-35-33-31-29-27-25-23-20-17-14-11-8-5-2)52-57(62)59-55(53-60)56(61)50-47-44-41-38-21-18-15-12-9-6-3/h8,11,17,20,22,24-28,30-33,37,40,46,49,54-56,60-61H,4-7,9-10,12-16,18-19,21,23,29,34-36,38-39,41-45,47-48,50-53H2,1-3H3,(H,59,62)/b11-8-,20-17-,24-22+,27-25-,28-26+,32-30+,33-31-,40-37-,49-46-. The van der Waals surface area contributed by atoms with Gasteiger partial charge in [-0.3, -0.25) is 9.59 Å². The molecule has 0 aromatic carbocycles. The van der Waals surface area contributed by atoms with Gasteiger partial charge in [0.25, 0.3) is 0 Å². The summed E-state index contributed by atoms with van der Waals surface area (Å²) < 4.78 is 5.82. The smallest absolute Gasteiger partial charge is 0.306 e. The number of unbranched alkanes of at least 4 members (excludes halogenated alkanes) is 19. The maximum absolute atomic E-state index is 13.2. The van der Waals surface area contributed by atoms with Crippen LogP contribution >= 0.6 is 0 Å². The third kappa shape index (κ3) is 45.1. The summed E-state index contributed by atoms with van der Waals surface area (Å²) in [4.78, 5) is 26.1. The fourth-order valence-corrected chi connectivity index (χ4v) is 7.19. The minimum Gasteiger partial charge on any atom is -0.458 e.